The molecule has 1 radical (unpaired) electrons. The summed E-state index contributed by atoms with van der Waals surface area (Å²) in [4.78, 5) is 0. The van der Waals surface area contributed by atoms with E-state index in [1.165, 1.54) is 0 Å². The van der Waals surface area contributed by atoms with Gasteiger partial charge in [-0.3, -0.25) is 0 Å². The standard InChI is InChI=1S/C12H17O2/c1-12(2,3)14-11-7-5-4-6-10(11)8-9-13/h4-7H,8-9H2,1-3H3. The minimum Gasteiger partial charge on any atom is -0.488 e. The Balaban J connectivity index is 2.84. The Labute approximate surface area is 85.5 Å². The fourth-order valence-corrected chi connectivity index (χ4v) is 1.25. The summed E-state index contributed by atoms with van der Waals surface area (Å²) in [5.74, 6) is 0.829. The maximum Gasteiger partial charge on any atom is 0.123 e. The van der Waals surface area contributed by atoms with Crippen LogP contribution in [0.4, 0.5) is 0 Å². The van der Waals surface area contributed by atoms with E-state index >= 15 is 0 Å². The first-order valence-corrected chi connectivity index (χ1v) is 4.88. The van der Waals surface area contributed by atoms with Crippen molar-refractivity contribution in [3.8, 4) is 5.75 Å². The number of ether oxygens (including phenoxy) is 1. The van der Waals surface area contributed by atoms with Crippen LogP contribution in [0.2, 0.25) is 0 Å². The molecule has 0 saturated carbocycles. The highest BCUT2D eigenvalue weighted by Crippen LogP contribution is 2.23. The lowest BCUT2D eigenvalue weighted by Gasteiger charge is -2.23. The van der Waals surface area contributed by atoms with Crippen molar-refractivity contribution < 1.29 is 9.84 Å². The molecule has 0 bridgehead atoms. The van der Waals surface area contributed by atoms with Crippen molar-refractivity contribution in [3.63, 3.8) is 0 Å². The molecule has 14 heavy (non-hydrogen) atoms. The molecule has 2 heteroatoms. The molecule has 77 valence electrons. The van der Waals surface area contributed by atoms with Crippen molar-refractivity contribution in [2.75, 3.05) is 6.61 Å². The van der Waals surface area contributed by atoms with Gasteiger partial charge in [0.2, 0.25) is 0 Å². The van der Waals surface area contributed by atoms with E-state index in [1.54, 1.807) is 0 Å². The number of hydrogen-bond acceptors (Lipinski definition) is 1. The number of benzene rings is 1. The monoisotopic (exact) mass is 193 g/mol. The molecule has 0 atom stereocenters. The first kappa shape index (κ1) is 11.1. The van der Waals surface area contributed by atoms with Gasteiger partial charge in [-0.15, -0.1) is 0 Å². The first-order chi connectivity index (χ1) is 6.53. The lowest BCUT2D eigenvalue weighted by atomic mass is 10.1. The fraction of sp³-hybridized carbons (Fsp3) is 0.500. The Hall–Kier alpha value is -1.02. The molecule has 0 saturated heterocycles. The van der Waals surface area contributed by atoms with Gasteiger partial charge in [-0.2, -0.15) is 0 Å². The maximum absolute atomic E-state index is 10.6. The second kappa shape index (κ2) is 4.47. The van der Waals surface area contributed by atoms with Crippen molar-refractivity contribution >= 4 is 0 Å². The van der Waals surface area contributed by atoms with Crippen LogP contribution in [0.1, 0.15) is 26.3 Å². The van der Waals surface area contributed by atoms with Crippen molar-refractivity contribution in [2.24, 2.45) is 0 Å². The van der Waals surface area contributed by atoms with Crippen LogP contribution in [0.5, 0.6) is 5.75 Å². The molecule has 0 unspecified atom stereocenters. The van der Waals surface area contributed by atoms with Gasteiger partial charge in [0.15, 0.2) is 0 Å². The van der Waals surface area contributed by atoms with Gasteiger partial charge in [-0.1, -0.05) is 18.2 Å². The summed E-state index contributed by atoms with van der Waals surface area (Å²) in [6.45, 7) is 5.91. The molecule has 0 aliphatic rings. The normalized spacial score (nSPS) is 11.4. The van der Waals surface area contributed by atoms with Gasteiger partial charge in [0, 0.05) is 6.42 Å². The van der Waals surface area contributed by atoms with Gasteiger partial charge in [0.1, 0.15) is 11.4 Å². The van der Waals surface area contributed by atoms with Crippen molar-refractivity contribution in [3.05, 3.63) is 29.8 Å². The van der Waals surface area contributed by atoms with Gasteiger partial charge < -0.3 is 4.74 Å². The van der Waals surface area contributed by atoms with Gasteiger partial charge in [0.05, 0.1) is 6.61 Å². The molecule has 1 aromatic carbocycles. The largest absolute Gasteiger partial charge is 0.488 e. The summed E-state index contributed by atoms with van der Waals surface area (Å²) >= 11 is 0. The second-order valence-corrected chi connectivity index (χ2v) is 4.28. The van der Waals surface area contributed by atoms with E-state index in [4.69, 9.17) is 4.74 Å². The van der Waals surface area contributed by atoms with Crippen LogP contribution >= 0.6 is 0 Å². The Morgan fingerprint density at radius 3 is 2.43 bits per heavy atom. The predicted molar refractivity (Wildman–Crippen MR) is 56.1 cm³/mol. The summed E-state index contributed by atoms with van der Waals surface area (Å²) in [6, 6.07) is 7.71. The van der Waals surface area contributed by atoms with E-state index in [1.807, 2.05) is 45.0 Å². The molecule has 1 aromatic rings. The van der Waals surface area contributed by atoms with E-state index in [2.05, 4.69) is 0 Å². The average Bonchev–Trinajstić information content (AvgIpc) is 2.06. The topological polar surface area (TPSA) is 29.1 Å². The highest BCUT2D eigenvalue weighted by molar-refractivity contribution is 5.33. The summed E-state index contributed by atoms with van der Waals surface area (Å²) in [5.41, 5.74) is 0.788. The van der Waals surface area contributed by atoms with Gasteiger partial charge in [0.25, 0.3) is 0 Å². The quantitative estimate of drug-likeness (QED) is 0.725. The van der Waals surface area contributed by atoms with Crippen molar-refractivity contribution in [1.82, 2.24) is 0 Å². The van der Waals surface area contributed by atoms with Crippen molar-refractivity contribution in [2.45, 2.75) is 32.8 Å². The van der Waals surface area contributed by atoms with Crippen LogP contribution in [0.15, 0.2) is 24.3 Å². The second-order valence-electron chi connectivity index (χ2n) is 4.28. The molecule has 2 nitrogen and oxygen atoms in total. The third-order valence-corrected chi connectivity index (χ3v) is 1.76. The fourth-order valence-electron chi connectivity index (χ4n) is 1.25. The lowest BCUT2D eigenvalue weighted by molar-refractivity contribution is 0.127. The van der Waals surface area contributed by atoms with E-state index in [0.29, 0.717) is 6.42 Å². The van der Waals surface area contributed by atoms with Crippen LogP contribution in [-0.2, 0) is 11.5 Å². The van der Waals surface area contributed by atoms with Crippen LogP contribution in [0.3, 0.4) is 0 Å². The molecule has 0 aliphatic carbocycles. The van der Waals surface area contributed by atoms with Crippen LogP contribution in [0.25, 0.3) is 0 Å². The Kier molecular flexibility index (Phi) is 3.53. The zero-order chi connectivity index (χ0) is 10.6. The van der Waals surface area contributed by atoms with Crippen LogP contribution in [-0.4, -0.2) is 12.2 Å². The average molecular weight is 193 g/mol. The van der Waals surface area contributed by atoms with Gasteiger partial charge >= 0.3 is 0 Å². The molecule has 0 spiro atoms. The maximum atomic E-state index is 10.6. The van der Waals surface area contributed by atoms with Crippen molar-refractivity contribution in [1.29, 1.82) is 0 Å². The summed E-state index contributed by atoms with van der Waals surface area (Å²) < 4.78 is 5.75. The molecule has 0 heterocycles. The third-order valence-electron chi connectivity index (χ3n) is 1.76. The van der Waals surface area contributed by atoms with E-state index in [-0.39, 0.29) is 12.2 Å². The molecule has 1 rings (SSSR count). The minimum absolute atomic E-state index is 0.0927. The Bertz CT molecular complexity index is 287. The van der Waals surface area contributed by atoms with Crippen LogP contribution in [0, 0.1) is 0 Å². The molecule has 0 N–H and O–H groups in total. The van der Waals surface area contributed by atoms with Gasteiger partial charge in [-0.05, 0) is 32.4 Å². The Morgan fingerprint density at radius 1 is 1.21 bits per heavy atom. The minimum atomic E-state index is -0.209. The van der Waals surface area contributed by atoms with Gasteiger partial charge in [-0.25, -0.2) is 5.11 Å². The predicted octanol–water partition coefficient (Wildman–Crippen LogP) is 2.84. The number of rotatable bonds is 3. The molecule has 0 aliphatic heterocycles. The lowest BCUT2D eigenvalue weighted by Crippen LogP contribution is -2.23. The smallest absolute Gasteiger partial charge is 0.123 e. The van der Waals surface area contributed by atoms with Crippen LogP contribution < -0.4 is 4.74 Å². The molecular weight excluding hydrogens is 176 g/mol. The SMILES string of the molecule is CC(C)(C)Oc1ccccc1CC[O]. The summed E-state index contributed by atoms with van der Waals surface area (Å²) in [5, 5.41) is 10.6. The highest BCUT2D eigenvalue weighted by Gasteiger charge is 2.13. The zero-order valence-corrected chi connectivity index (χ0v) is 9.04. The first-order valence-electron chi connectivity index (χ1n) is 4.88. The Morgan fingerprint density at radius 2 is 1.86 bits per heavy atom. The summed E-state index contributed by atoms with van der Waals surface area (Å²) in [6.07, 6.45) is 0.534. The molecule has 0 aromatic heterocycles. The molecular formula is C12H17O2. The molecule has 0 amide bonds. The summed E-state index contributed by atoms with van der Waals surface area (Å²) in [7, 11) is 0. The third kappa shape index (κ3) is 3.38. The molecule has 0 fully saturated rings. The van der Waals surface area contributed by atoms with E-state index in [0.717, 1.165) is 11.3 Å². The van der Waals surface area contributed by atoms with E-state index in [9.17, 15) is 5.11 Å². The number of para-hydroxylation sites is 1. The highest BCUT2D eigenvalue weighted by atomic mass is 16.5. The zero-order valence-electron chi connectivity index (χ0n) is 9.04. The number of hydrogen-bond donors (Lipinski definition) is 0. The van der Waals surface area contributed by atoms with E-state index < -0.39 is 0 Å².